The normalized spacial score (nSPS) is 10.5. The van der Waals surface area contributed by atoms with E-state index in [9.17, 15) is 9.59 Å². The Bertz CT molecular complexity index is 1120. The average molecular weight is 404 g/mol. The summed E-state index contributed by atoms with van der Waals surface area (Å²) < 4.78 is 0. The molecule has 29 heavy (non-hydrogen) atoms. The number of benzene rings is 1. The highest BCUT2D eigenvalue weighted by Gasteiger charge is 2.12. The Morgan fingerprint density at radius 3 is 2.69 bits per heavy atom. The number of carbonyl (C=O) groups is 2. The van der Waals surface area contributed by atoms with Gasteiger partial charge in [0.25, 0.3) is 5.91 Å². The van der Waals surface area contributed by atoms with Crippen molar-refractivity contribution in [2.45, 2.75) is 0 Å². The van der Waals surface area contributed by atoms with Gasteiger partial charge in [-0.1, -0.05) is 18.2 Å². The van der Waals surface area contributed by atoms with E-state index in [1.54, 1.807) is 12.4 Å². The molecule has 0 unspecified atom stereocenters. The van der Waals surface area contributed by atoms with Crippen molar-refractivity contribution in [2.75, 3.05) is 11.9 Å². The summed E-state index contributed by atoms with van der Waals surface area (Å²) >= 11 is 1.32. The molecule has 4 rings (SSSR count). The molecule has 0 aliphatic heterocycles. The van der Waals surface area contributed by atoms with Gasteiger partial charge in [0.05, 0.1) is 18.6 Å². The van der Waals surface area contributed by atoms with Crippen molar-refractivity contribution < 1.29 is 9.59 Å². The molecule has 0 spiro atoms. The Balaban J connectivity index is 1.40. The minimum absolute atomic E-state index is 0.169. The van der Waals surface area contributed by atoms with Crippen LogP contribution >= 0.6 is 11.3 Å². The fourth-order valence-electron chi connectivity index (χ4n) is 2.67. The summed E-state index contributed by atoms with van der Waals surface area (Å²) in [6.45, 7) is -0.169. The maximum atomic E-state index is 12.1. The van der Waals surface area contributed by atoms with E-state index in [2.05, 4.69) is 30.6 Å². The first-order valence-electron chi connectivity index (χ1n) is 8.72. The van der Waals surface area contributed by atoms with E-state index in [1.807, 2.05) is 41.8 Å². The van der Waals surface area contributed by atoms with Crippen LogP contribution in [-0.4, -0.2) is 38.3 Å². The minimum Gasteiger partial charge on any atom is -0.350 e. The zero-order chi connectivity index (χ0) is 20.1. The number of carbonyl (C=O) groups excluding carboxylic acids is 2. The van der Waals surface area contributed by atoms with Crippen LogP contribution in [0.15, 0.2) is 66.7 Å². The molecule has 3 aromatic heterocycles. The molecule has 9 heteroatoms. The number of imidazole rings is 1. The first-order valence-corrected chi connectivity index (χ1v) is 9.60. The second-order valence-corrected chi connectivity index (χ2v) is 6.90. The maximum Gasteiger partial charge on any atom is 0.271 e. The van der Waals surface area contributed by atoms with Crippen LogP contribution in [-0.2, 0) is 4.79 Å². The number of H-pyrrole nitrogens is 1. The summed E-state index contributed by atoms with van der Waals surface area (Å²) in [5, 5.41) is 7.55. The van der Waals surface area contributed by atoms with Gasteiger partial charge in [0.15, 0.2) is 5.13 Å². The van der Waals surface area contributed by atoms with E-state index >= 15 is 0 Å². The van der Waals surface area contributed by atoms with Crippen LogP contribution in [0.5, 0.6) is 0 Å². The van der Waals surface area contributed by atoms with E-state index in [1.165, 1.54) is 23.9 Å². The van der Waals surface area contributed by atoms with Gasteiger partial charge in [-0.25, -0.2) is 9.97 Å². The monoisotopic (exact) mass is 404 g/mol. The van der Waals surface area contributed by atoms with Crippen molar-refractivity contribution in [3.05, 3.63) is 72.4 Å². The lowest BCUT2D eigenvalue weighted by molar-refractivity contribution is -0.115. The quantitative estimate of drug-likeness (QED) is 0.457. The minimum atomic E-state index is -0.422. The number of amides is 2. The Morgan fingerprint density at radius 2 is 1.90 bits per heavy atom. The molecule has 2 amide bonds. The summed E-state index contributed by atoms with van der Waals surface area (Å²) in [6.07, 6.45) is 6.36. The highest BCUT2D eigenvalue weighted by atomic mass is 32.1. The molecule has 0 bridgehead atoms. The van der Waals surface area contributed by atoms with E-state index in [-0.39, 0.29) is 18.1 Å². The van der Waals surface area contributed by atoms with Crippen LogP contribution < -0.4 is 10.6 Å². The van der Waals surface area contributed by atoms with Crippen molar-refractivity contribution in [1.82, 2.24) is 25.3 Å². The predicted octanol–water partition coefficient (Wildman–Crippen LogP) is 2.96. The lowest BCUT2D eigenvalue weighted by Gasteiger charge is -2.04. The number of aromatic amines is 1. The van der Waals surface area contributed by atoms with E-state index < -0.39 is 5.91 Å². The molecule has 0 aliphatic carbocycles. The van der Waals surface area contributed by atoms with Gasteiger partial charge in [0.2, 0.25) is 5.91 Å². The number of aromatic nitrogens is 4. The molecule has 144 valence electrons. The van der Waals surface area contributed by atoms with Crippen LogP contribution in [0.25, 0.3) is 22.4 Å². The standard InChI is InChI=1S/C20H16N6O2S/c27-18(10-23-19(28)16-9-22-12-24-16)26-20-25-17(11-29-20)15-3-1-2-14(8-15)13-4-6-21-7-5-13/h1-9,11-12H,10H2,(H,22,24)(H,23,28)(H,25,26,27). The van der Waals surface area contributed by atoms with Crippen molar-refractivity contribution in [1.29, 1.82) is 0 Å². The number of pyridine rings is 1. The molecule has 3 heterocycles. The SMILES string of the molecule is O=C(CNC(=O)c1c[nH]cn1)Nc1nc(-c2cccc(-c3ccncc3)c2)cs1. The molecule has 0 saturated heterocycles. The number of rotatable bonds is 6. The van der Waals surface area contributed by atoms with Gasteiger partial charge in [-0.15, -0.1) is 11.3 Å². The number of hydrogen-bond acceptors (Lipinski definition) is 6. The van der Waals surface area contributed by atoms with Gasteiger partial charge >= 0.3 is 0 Å². The highest BCUT2D eigenvalue weighted by molar-refractivity contribution is 7.14. The third-order valence-corrected chi connectivity index (χ3v) is 4.82. The number of thiazole rings is 1. The molecule has 1 aromatic carbocycles. The summed E-state index contributed by atoms with van der Waals surface area (Å²) in [5.74, 6) is -0.783. The van der Waals surface area contributed by atoms with E-state index in [0.29, 0.717) is 5.13 Å². The first kappa shape index (κ1) is 18.5. The third-order valence-electron chi connectivity index (χ3n) is 4.06. The van der Waals surface area contributed by atoms with Crippen LogP contribution in [0.2, 0.25) is 0 Å². The van der Waals surface area contributed by atoms with Crippen molar-refractivity contribution >= 4 is 28.3 Å². The van der Waals surface area contributed by atoms with Gasteiger partial charge in [-0.2, -0.15) is 0 Å². The molecule has 0 radical (unpaired) electrons. The molecular formula is C20H16N6O2S. The topological polar surface area (TPSA) is 113 Å². The third kappa shape index (κ3) is 4.53. The van der Waals surface area contributed by atoms with Gasteiger partial charge in [0.1, 0.15) is 5.69 Å². The molecule has 4 aromatic rings. The Hall–Kier alpha value is -3.85. The molecule has 0 aliphatic rings. The van der Waals surface area contributed by atoms with Crippen LogP contribution in [0.4, 0.5) is 5.13 Å². The van der Waals surface area contributed by atoms with E-state index in [4.69, 9.17) is 0 Å². The van der Waals surface area contributed by atoms with Gasteiger partial charge in [-0.3, -0.25) is 14.6 Å². The summed E-state index contributed by atoms with van der Waals surface area (Å²) in [6, 6.07) is 11.9. The highest BCUT2D eigenvalue weighted by Crippen LogP contribution is 2.28. The number of anilines is 1. The molecular weight excluding hydrogens is 388 g/mol. The van der Waals surface area contributed by atoms with Crippen molar-refractivity contribution in [3.63, 3.8) is 0 Å². The summed E-state index contributed by atoms with van der Waals surface area (Å²) in [5.41, 5.74) is 4.07. The summed E-state index contributed by atoms with van der Waals surface area (Å²) in [4.78, 5) is 38.9. The zero-order valence-electron chi connectivity index (χ0n) is 15.1. The lowest BCUT2D eigenvalue weighted by atomic mass is 10.0. The Labute approximate surface area is 170 Å². The smallest absolute Gasteiger partial charge is 0.271 e. The number of hydrogen-bond donors (Lipinski definition) is 3. The fraction of sp³-hybridized carbons (Fsp3) is 0.0500. The molecule has 3 N–H and O–H groups in total. The predicted molar refractivity (Wildman–Crippen MR) is 110 cm³/mol. The number of nitrogens with zero attached hydrogens (tertiary/aromatic N) is 3. The van der Waals surface area contributed by atoms with Crippen LogP contribution in [0, 0.1) is 0 Å². The Kier molecular flexibility index (Phi) is 5.39. The molecule has 0 fully saturated rings. The van der Waals surface area contributed by atoms with Gasteiger partial charge in [0, 0.05) is 29.5 Å². The van der Waals surface area contributed by atoms with E-state index in [0.717, 1.165) is 22.4 Å². The maximum absolute atomic E-state index is 12.1. The fourth-order valence-corrected chi connectivity index (χ4v) is 3.40. The average Bonchev–Trinajstić information content (AvgIpc) is 3.45. The van der Waals surface area contributed by atoms with Gasteiger partial charge in [-0.05, 0) is 29.3 Å². The second kappa shape index (κ2) is 8.44. The molecule has 0 saturated carbocycles. The zero-order valence-corrected chi connectivity index (χ0v) is 15.9. The van der Waals surface area contributed by atoms with Crippen LogP contribution in [0.1, 0.15) is 10.5 Å². The van der Waals surface area contributed by atoms with Crippen molar-refractivity contribution in [2.24, 2.45) is 0 Å². The summed E-state index contributed by atoms with van der Waals surface area (Å²) in [7, 11) is 0. The largest absolute Gasteiger partial charge is 0.350 e. The number of nitrogens with one attached hydrogen (secondary N) is 3. The molecule has 0 atom stereocenters. The second-order valence-electron chi connectivity index (χ2n) is 6.04. The Morgan fingerprint density at radius 1 is 1.07 bits per heavy atom. The lowest BCUT2D eigenvalue weighted by Crippen LogP contribution is -2.33. The van der Waals surface area contributed by atoms with Crippen LogP contribution in [0.3, 0.4) is 0 Å². The van der Waals surface area contributed by atoms with Crippen molar-refractivity contribution in [3.8, 4) is 22.4 Å². The first-order chi connectivity index (χ1) is 14.2. The molecule has 8 nitrogen and oxygen atoms in total. The van der Waals surface area contributed by atoms with Gasteiger partial charge < -0.3 is 15.6 Å².